The Labute approximate surface area is 140 Å². The maximum atomic E-state index is 12.1. The fourth-order valence-electron chi connectivity index (χ4n) is 2.86. The third-order valence-corrected chi connectivity index (χ3v) is 4.19. The number of aromatic amines is 1. The average molecular weight is 323 g/mol. The van der Waals surface area contributed by atoms with Gasteiger partial charge in [-0.1, -0.05) is 35.9 Å². The van der Waals surface area contributed by atoms with Gasteiger partial charge in [-0.05, 0) is 37.1 Å². The molecule has 3 aromatic rings. The first-order valence-corrected chi connectivity index (χ1v) is 8.05. The number of imidazole rings is 1. The van der Waals surface area contributed by atoms with E-state index >= 15 is 0 Å². The smallest absolute Gasteiger partial charge is 0.326 e. The number of amides is 1. The number of para-hydroxylation sites is 2. The van der Waals surface area contributed by atoms with Gasteiger partial charge in [-0.15, -0.1) is 0 Å². The van der Waals surface area contributed by atoms with Gasteiger partial charge in [-0.3, -0.25) is 9.36 Å². The molecule has 124 valence electrons. The zero-order valence-electron chi connectivity index (χ0n) is 13.9. The molecule has 2 aromatic carbocycles. The molecule has 0 aliphatic heterocycles. The Balaban J connectivity index is 1.61. The third-order valence-electron chi connectivity index (χ3n) is 4.19. The van der Waals surface area contributed by atoms with Crippen molar-refractivity contribution in [3.63, 3.8) is 0 Å². The number of aromatic nitrogens is 2. The number of nitrogens with zero attached hydrogens (tertiary/aromatic N) is 1. The molecule has 0 unspecified atom stereocenters. The van der Waals surface area contributed by atoms with Crippen LogP contribution in [0.15, 0.2) is 47.3 Å². The minimum absolute atomic E-state index is 0.0309. The summed E-state index contributed by atoms with van der Waals surface area (Å²) in [5.74, 6) is -0.0309. The summed E-state index contributed by atoms with van der Waals surface area (Å²) in [6.45, 7) is 4.89. The van der Waals surface area contributed by atoms with Crippen LogP contribution in [0.2, 0.25) is 0 Å². The minimum atomic E-state index is -0.153. The Morgan fingerprint density at radius 2 is 1.96 bits per heavy atom. The van der Waals surface area contributed by atoms with Gasteiger partial charge in [-0.2, -0.15) is 0 Å². The van der Waals surface area contributed by atoms with Crippen LogP contribution in [0.4, 0.5) is 0 Å². The SMILES string of the molecule is Cc1ccc(C)c(CC(=O)NCCn2c(=O)[nH]c3ccccc32)c1. The molecule has 0 radical (unpaired) electrons. The van der Waals surface area contributed by atoms with Gasteiger partial charge in [0.05, 0.1) is 17.5 Å². The molecule has 0 saturated carbocycles. The van der Waals surface area contributed by atoms with Gasteiger partial charge in [-0.25, -0.2) is 4.79 Å². The lowest BCUT2D eigenvalue weighted by molar-refractivity contribution is -0.120. The molecular formula is C19H21N3O2. The summed E-state index contributed by atoms with van der Waals surface area (Å²) in [5.41, 5.74) is 4.81. The first-order chi connectivity index (χ1) is 11.5. The number of hydrogen-bond acceptors (Lipinski definition) is 2. The molecule has 0 spiro atoms. The van der Waals surface area contributed by atoms with Crippen LogP contribution < -0.4 is 11.0 Å². The zero-order chi connectivity index (χ0) is 17.1. The van der Waals surface area contributed by atoms with Crippen LogP contribution in [0, 0.1) is 13.8 Å². The zero-order valence-corrected chi connectivity index (χ0v) is 13.9. The molecule has 5 heteroatoms. The second kappa shape index (κ2) is 6.74. The standard InChI is InChI=1S/C19H21N3O2/c1-13-7-8-14(2)15(11-13)12-18(23)20-9-10-22-17-6-4-3-5-16(17)21-19(22)24/h3-8,11H,9-10,12H2,1-2H3,(H,20,23)(H,21,24). The molecule has 24 heavy (non-hydrogen) atoms. The van der Waals surface area contributed by atoms with Crippen molar-refractivity contribution in [1.82, 2.24) is 14.9 Å². The van der Waals surface area contributed by atoms with Crippen LogP contribution >= 0.6 is 0 Å². The largest absolute Gasteiger partial charge is 0.354 e. The quantitative estimate of drug-likeness (QED) is 0.756. The van der Waals surface area contributed by atoms with Crippen LogP contribution in [-0.2, 0) is 17.8 Å². The van der Waals surface area contributed by atoms with Crippen LogP contribution in [0.25, 0.3) is 11.0 Å². The van der Waals surface area contributed by atoms with Gasteiger partial charge in [0.25, 0.3) is 0 Å². The van der Waals surface area contributed by atoms with E-state index in [1.165, 1.54) is 0 Å². The molecule has 0 fully saturated rings. The van der Waals surface area contributed by atoms with E-state index in [2.05, 4.69) is 10.3 Å². The predicted octanol–water partition coefficient (Wildman–Crippen LogP) is 2.31. The van der Waals surface area contributed by atoms with Crippen molar-refractivity contribution in [2.45, 2.75) is 26.8 Å². The summed E-state index contributed by atoms with van der Waals surface area (Å²) in [4.78, 5) is 26.9. The normalized spacial score (nSPS) is 10.9. The molecule has 3 rings (SSSR count). The molecule has 5 nitrogen and oxygen atoms in total. The molecular weight excluding hydrogens is 302 g/mol. The Hall–Kier alpha value is -2.82. The fourth-order valence-corrected chi connectivity index (χ4v) is 2.86. The van der Waals surface area contributed by atoms with Crippen molar-refractivity contribution >= 4 is 16.9 Å². The molecule has 1 aromatic heterocycles. The number of hydrogen-bond donors (Lipinski definition) is 2. The number of aryl methyl sites for hydroxylation is 2. The van der Waals surface area contributed by atoms with Gasteiger partial charge in [0.15, 0.2) is 0 Å². The van der Waals surface area contributed by atoms with E-state index in [4.69, 9.17) is 0 Å². The molecule has 1 heterocycles. The van der Waals surface area contributed by atoms with E-state index < -0.39 is 0 Å². The van der Waals surface area contributed by atoms with Crippen molar-refractivity contribution in [1.29, 1.82) is 0 Å². The Morgan fingerprint density at radius 1 is 1.17 bits per heavy atom. The predicted molar refractivity (Wildman–Crippen MR) is 95.2 cm³/mol. The van der Waals surface area contributed by atoms with Gasteiger partial charge in [0.1, 0.15) is 0 Å². The molecule has 2 N–H and O–H groups in total. The number of nitrogens with one attached hydrogen (secondary N) is 2. The maximum absolute atomic E-state index is 12.1. The van der Waals surface area contributed by atoms with E-state index in [-0.39, 0.29) is 11.6 Å². The van der Waals surface area contributed by atoms with Crippen molar-refractivity contribution in [3.8, 4) is 0 Å². The molecule has 1 amide bonds. The van der Waals surface area contributed by atoms with E-state index in [1.807, 2.05) is 56.3 Å². The summed E-state index contributed by atoms with van der Waals surface area (Å²) in [6, 6.07) is 13.7. The van der Waals surface area contributed by atoms with Gasteiger partial charge in [0, 0.05) is 13.1 Å². The lowest BCUT2D eigenvalue weighted by Gasteiger charge is -2.09. The molecule has 0 aliphatic rings. The van der Waals surface area contributed by atoms with Crippen molar-refractivity contribution in [2.75, 3.05) is 6.54 Å². The summed E-state index contributed by atoms with van der Waals surface area (Å²) in [7, 11) is 0. The molecule has 0 saturated heterocycles. The van der Waals surface area contributed by atoms with Gasteiger partial charge in [0.2, 0.25) is 5.91 Å². The molecule has 0 aliphatic carbocycles. The number of rotatable bonds is 5. The summed E-state index contributed by atoms with van der Waals surface area (Å²) >= 11 is 0. The highest BCUT2D eigenvalue weighted by atomic mass is 16.2. The van der Waals surface area contributed by atoms with Gasteiger partial charge < -0.3 is 10.3 Å². The van der Waals surface area contributed by atoms with E-state index in [0.29, 0.717) is 19.5 Å². The highest BCUT2D eigenvalue weighted by molar-refractivity contribution is 5.79. The van der Waals surface area contributed by atoms with Crippen molar-refractivity contribution in [3.05, 3.63) is 69.6 Å². The average Bonchev–Trinajstić information content (AvgIpc) is 2.87. The summed E-state index contributed by atoms with van der Waals surface area (Å²) in [6.07, 6.45) is 0.357. The van der Waals surface area contributed by atoms with E-state index in [0.717, 1.165) is 27.7 Å². The Bertz CT molecular complexity index is 937. The number of carbonyl (C=O) groups is 1. The highest BCUT2D eigenvalue weighted by Gasteiger charge is 2.08. The Morgan fingerprint density at radius 3 is 2.79 bits per heavy atom. The molecule has 0 bridgehead atoms. The lowest BCUT2D eigenvalue weighted by atomic mass is 10.0. The maximum Gasteiger partial charge on any atom is 0.326 e. The van der Waals surface area contributed by atoms with Crippen LogP contribution in [0.3, 0.4) is 0 Å². The van der Waals surface area contributed by atoms with Gasteiger partial charge >= 0.3 is 5.69 Å². The molecule has 0 atom stereocenters. The topological polar surface area (TPSA) is 66.9 Å². The van der Waals surface area contributed by atoms with E-state index in [9.17, 15) is 9.59 Å². The van der Waals surface area contributed by atoms with Crippen LogP contribution in [0.1, 0.15) is 16.7 Å². The van der Waals surface area contributed by atoms with Crippen LogP contribution in [-0.4, -0.2) is 22.0 Å². The van der Waals surface area contributed by atoms with Crippen molar-refractivity contribution in [2.24, 2.45) is 0 Å². The highest BCUT2D eigenvalue weighted by Crippen LogP contribution is 2.11. The van der Waals surface area contributed by atoms with Crippen LogP contribution in [0.5, 0.6) is 0 Å². The fraction of sp³-hybridized carbons (Fsp3) is 0.263. The number of carbonyl (C=O) groups excluding carboxylic acids is 1. The second-order valence-corrected chi connectivity index (χ2v) is 6.06. The second-order valence-electron chi connectivity index (χ2n) is 6.06. The van der Waals surface area contributed by atoms with Crippen molar-refractivity contribution < 1.29 is 4.79 Å². The number of H-pyrrole nitrogens is 1. The number of fused-ring (bicyclic) bond motifs is 1. The summed E-state index contributed by atoms with van der Waals surface area (Å²) in [5, 5.41) is 2.90. The Kier molecular flexibility index (Phi) is 4.51. The lowest BCUT2D eigenvalue weighted by Crippen LogP contribution is -2.31. The third kappa shape index (κ3) is 3.40. The number of benzene rings is 2. The first-order valence-electron chi connectivity index (χ1n) is 8.05. The minimum Gasteiger partial charge on any atom is -0.354 e. The summed E-state index contributed by atoms with van der Waals surface area (Å²) < 4.78 is 1.65. The van der Waals surface area contributed by atoms with E-state index in [1.54, 1.807) is 4.57 Å². The first kappa shape index (κ1) is 16.1. The monoisotopic (exact) mass is 323 g/mol.